The molecule has 0 saturated heterocycles. The number of aliphatic hydroxyl groups is 2. The van der Waals surface area contributed by atoms with Gasteiger partial charge in [0.2, 0.25) is 0 Å². The second-order valence-corrected chi connectivity index (χ2v) is 32.2. The van der Waals surface area contributed by atoms with Crippen LogP contribution in [0.5, 0.6) is 0 Å². The smallest absolute Gasteiger partial charge is 0.463 e. The summed E-state index contributed by atoms with van der Waals surface area (Å²) in [5, 5.41) is 20.7. The highest BCUT2D eigenvalue weighted by Crippen LogP contribution is 2.45. The van der Waals surface area contributed by atoms with Gasteiger partial charge in [0.05, 0.1) is 26.4 Å². The van der Waals surface area contributed by atoms with Crippen molar-refractivity contribution in [2.24, 2.45) is 0 Å². The number of carbonyl (C=O) groups excluding carboxylic acids is 3. The van der Waals surface area contributed by atoms with Gasteiger partial charge in [0.15, 0.2) is 6.10 Å². The number of allylic oxidation sites excluding steroid dienone is 36. The van der Waals surface area contributed by atoms with Gasteiger partial charge >= 0.3 is 33.6 Å². The molecule has 0 aliphatic rings. The highest BCUT2D eigenvalue weighted by atomic mass is 31.2. The zero-order chi connectivity index (χ0) is 85.1. The fourth-order valence-electron chi connectivity index (χ4n) is 11.5. The van der Waals surface area contributed by atoms with Crippen LogP contribution >= 0.6 is 15.6 Å². The van der Waals surface area contributed by atoms with E-state index in [1.165, 1.54) is 64.2 Å². The van der Waals surface area contributed by atoms with Gasteiger partial charge in [0.25, 0.3) is 0 Å². The first-order chi connectivity index (χ1) is 57.2. The Bertz CT molecular complexity index is 3010. The standard InChI is InChI=1S/C99H160O16P2/c1-4-7-10-13-16-19-22-25-28-31-34-37-40-42-43-44-45-46-47-48-49-51-54-55-58-61-64-67-70-73-76-79-82-85-97(102)109-88-94(100)89-111-116(105,106)112-90-95(101)91-113-117(107,108)114-93-96(115-99(104)87-84-81-78-75-72-69-66-63-60-57-52-39-36-33-30-27-24-21-18-15-12-9-6-3)92-110-98(103)86-83-80-77-74-71-68-65-62-59-56-53-50-41-38-35-32-29-26-23-20-17-14-11-8-5-2/h7-12,16-21,25-30,34-39,42-43,45-46,50,53,57,59-60,62,66,69,94-96,100-101H,4-6,13-15,22-24,31-33,40-41,44,47-49,51-52,54-56,58,61,63-65,67-68,70-93H2,1-3H3,(H,105,106)(H,107,108)/b10-7-,11-8-,12-9-,19-16-,20-17-,21-18-,28-25-,29-26-,30-27-,37-34-,38-35-,39-36-,43-42-,46-45-,53-50-,60-57-,62-59-,69-66-. The average Bonchev–Trinajstić information content (AvgIpc) is 0.896. The summed E-state index contributed by atoms with van der Waals surface area (Å²) in [4.78, 5) is 59.0. The Morgan fingerprint density at radius 2 is 0.427 bits per heavy atom. The molecule has 18 heteroatoms. The second-order valence-electron chi connectivity index (χ2n) is 29.3. The molecule has 0 aromatic carbocycles. The van der Waals surface area contributed by atoms with Crippen LogP contribution in [0, 0.1) is 0 Å². The fraction of sp³-hybridized carbons (Fsp3) is 0.606. The van der Waals surface area contributed by atoms with Crippen LogP contribution in [0.3, 0.4) is 0 Å². The molecule has 0 heterocycles. The van der Waals surface area contributed by atoms with Crippen LogP contribution in [-0.2, 0) is 55.8 Å². The van der Waals surface area contributed by atoms with Crippen molar-refractivity contribution in [3.63, 3.8) is 0 Å². The van der Waals surface area contributed by atoms with Crippen LogP contribution in [0.4, 0.5) is 0 Å². The van der Waals surface area contributed by atoms with Crippen LogP contribution in [-0.4, -0.2) is 95.9 Å². The molecule has 4 N–H and O–H groups in total. The van der Waals surface area contributed by atoms with Gasteiger partial charge in [0.1, 0.15) is 25.4 Å². The molecule has 0 fully saturated rings. The Morgan fingerprint density at radius 1 is 0.239 bits per heavy atom. The molecule has 0 aliphatic heterocycles. The third-order valence-electron chi connectivity index (χ3n) is 18.2. The Hall–Kier alpha value is -6.13. The number of hydrogen-bond acceptors (Lipinski definition) is 14. The molecule has 662 valence electrons. The van der Waals surface area contributed by atoms with E-state index in [0.717, 1.165) is 205 Å². The number of phosphoric acid groups is 2. The number of esters is 3. The van der Waals surface area contributed by atoms with Gasteiger partial charge in [-0.2, -0.15) is 0 Å². The summed E-state index contributed by atoms with van der Waals surface area (Å²) in [5.74, 6) is -1.63. The third kappa shape index (κ3) is 90.5. The van der Waals surface area contributed by atoms with Crippen molar-refractivity contribution in [2.75, 3.05) is 39.6 Å². The predicted molar refractivity (Wildman–Crippen MR) is 490 cm³/mol. The fourth-order valence-corrected chi connectivity index (χ4v) is 13.0. The van der Waals surface area contributed by atoms with Gasteiger partial charge in [-0.25, -0.2) is 9.13 Å². The molecule has 0 aromatic rings. The van der Waals surface area contributed by atoms with Gasteiger partial charge in [-0.15, -0.1) is 0 Å². The van der Waals surface area contributed by atoms with E-state index in [1.54, 1.807) is 0 Å². The van der Waals surface area contributed by atoms with Gasteiger partial charge in [0, 0.05) is 19.3 Å². The number of rotatable bonds is 83. The minimum absolute atomic E-state index is 0.0621. The summed E-state index contributed by atoms with van der Waals surface area (Å²) < 4.78 is 61.4. The Balaban J connectivity index is 4.66. The van der Waals surface area contributed by atoms with Crippen molar-refractivity contribution >= 4 is 33.6 Å². The predicted octanol–water partition coefficient (Wildman–Crippen LogP) is 27.8. The van der Waals surface area contributed by atoms with E-state index >= 15 is 0 Å². The molecule has 0 amide bonds. The first kappa shape index (κ1) is 111. The monoisotopic (exact) mass is 1670 g/mol. The molecular weight excluding hydrogens is 1510 g/mol. The Morgan fingerprint density at radius 3 is 0.675 bits per heavy atom. The molecule has 0 aliphatic carbocycles. The molecule has 117 heavy (non-hydrogen) atoms. The third-order valence-corrected chi connectivity index (χ3v) is 20.1. The summed E-state index contributed by atoms with van der Waals surface area (Å²) in [6.07, 6.45) is 121. The molecule has 16 nitrogen and oxygen atoms in total. The second kappa shape index (κ2) is 89.1. The lowest BCUT2D eigenvalue weighted by Gasteiger charge is -2.21. The van der Waals surface area contributed by atoms with Gasteiger partial charge in [-0.1, -0.05) is 355 Å². The highest BCUT2D eigenvalue weighted by Gasteiger charge is 2.29. The maximum atomic E-state index is 13.1. The summed E-state index contributed by atoms with van der Waals surface area (Å²) in [6, 6.07) is 0. The lowest BCUT2D eigenvalue weighted by Crippen LogP contribution is -2.30. The van der Waals surface area contributed by atoms with Crippen LogP contribution in [0.2, 0.25) is 0 Å². The van der Waals surface area contributed by atoms with Gasteiger partial charge < -0.3 is 34.2 Å². The summed E-state index contributed by atoms with van der Waals surface area (Å²) in [7, 11) is -9.84. The van der Waals surface area contributed by atoms with Crippen molar-refractivity contribution in [1.29, 1.82) is 0 Å². The lowest BCUT2D eigenvalue weighted by molar-refractivity contribution is -0.161. The van der Waals surface area contributed by atoms with Crippen LogP contribution in [0.1, 0.15) is 329 Å². The van der Waals surface area contributed by atoms with Crippen molar-refractivity contribution in [2.45, 2.75) is 347 Å². The minimum Gasteiger partial charge on any atom is -0.463 e. The van der Waals surface area contributed by atoms with Crippen molar-refractivity contribution in [3.8, 4) is 0 Å². The number of aliphatic hydroxyl groups excluding tert-OH is 2. The van der Waals surface area contributed by atoms with E-state index in [0.29, 0.717) is 19.3 Å². The normalized spacial score (nSPS) is 14.8. The SMILES string of the molecule is CC/C=C\C/C=C\C/C=C\C/C=C\C/C=C\C/C=C\CCCCCCCCCCCCCCCCC(=O)OCC(O)COP(=O)(O)OCC(O)COP(=O)(O)OCC(COC(=O)CCCCCCCC/C=C\C/C=C\C/C=C\C/C=C\C/C=C\C/C=C\CC)OC(=O)CCCCCC/C=C\C/C=C\C/C=C\C/C=C\C/C=C\C/C=C\CC. The Labute approximate surface area is 711 Å². The van der Waals surface area contributed by atoms with Gasteiger partial charge in [-0.05, 0) is 173 Å². The van der Waals surface area contributed by atoms with Crippen LogP contribution in [0.25, 0.3) is 0 Å². The van der Waals surface area contributed by atoms with E-state index in [1.807, 2.05) is 0 Å². The van der Waals surface area contributed by atoms with Crippen molar-refractivity contribution in [1.82, 2.24) is 0 Å². The van der Waals surface area contributed by atoms with E-state index in [4.69, 9.17) is 32.3 Å². The van der Waals surface area contributed by atoms with E-state index < -0.39 is 91.5 Å². The first-order valence-electron chi connectivity index (χ1n) is 45.0. The molecule has 5 atom stereocenters. The lowest BCUT2D eigenvalue weighted by atomic mass is 10.0. The molecule has 0 aromatic heterocycles. The number of unbranched alkanes of at least 4 members (excludes halogenated alkanes) is 24. The van der Waals surface area contributed by atoms with Gasteiger partial charge in [-0.3, -0.25) is 32.5 Å². The topological polar surface area (TPSA) is 231 Å². The van der Waals surface area contributed by atoms with Crippen molar-refractivity contribution < 1.29 is 75.8 Å². The van der Waals surface area contributed by atoms with Crippen LogP contribution in [0.15, 0.2) is 219 Å². The Kier molecular flexibility index (Phi) is 84.5. The van der Waals surface area contributed by atoms with Crippen LogP contribution < -0.4 is 0 Å². The maximum Gasteiger partial charge on any atom is 0.472 e. The van der Waals surface area contributed by atoms with E-state index in [9.17, 15) is 43.5 Å². The molecule has 0 radical (unpaired) electrons. The molecule has 5 unspecified atom stereocenters. The zero-order valence-corrected chi connectivity index (χ0v) is 74.6. The average molecular weight is 1670 g/mol. The first-order valence-corrected chi connectivity index (χ1v) is 48.0. The van der Waals surface area contributed by atoms with Crippen molar-refractivity contribution in [3.05, 3.63) is 219 Å². The quantitative estimate of drug-likeness (QED) is 0.0146. The molecule has 0 rings (SSSR count). The number of hydrogen-bond donors (Lipinski definition) is 4. The number of ether oxygens (including phenoxy) is 3. The molecule has 0 saturated carbocycles. The maximum absolute atomic E-state index is 13.1. The summed E-state index contributed by atoms with van der Waals surface area (Å²) in [5.41, 5.74) is 0. The summed E-state index contributed by atoms with van der Waals surface area (Å²) >= 11 is 0. The number of carbonyl (C=O) groups is 3. The zero-order valence-electron chi connectivity index (χ0n) is 72.8. The highest BCUT2D eigenvalue weighted by molar-refractivity contribution is 7.47. The number of phosphoric ester groups is 2. The largest absolute Gasteiger partial charge is 0.472 e. The summed E-state index contributed by atoms with van der Waals surface area (Å²) in [6.45, 7) is 2.29. The molecule has 0 bridgehead atoms. The van der Waals surface area contributed by atoms with E-state index in [2.05, 4.69) is 240 Å². The molecule has 0 spiro atoms. The minimum atomic E-state index is -4.96. The van der Waals surface area contributed by atoms with E-state index in [-0.39, 0.29) is 19.3 Å². The molecular formula is C99H160O16P2.